The molecule has 148 valence electrons. The molecule has 1 fully saturated rings. The number of hydrogen-bond acceptors (Lipinski definition) is 6. The molecule has 4 heterocycles. The predicted molar refractivity (Wildman–Crippen MR) is 111 cm³/mol. The molecule has 5 rings (SSSR count). The van der Waals surface area contributed by atoms with Gasteiger partial charge in [0.2, 0.25) is 0 Å². The number of imidazole rings is 1. The van der Waals surface area contributed by atoms with Gasteiger partial charge in [-0.05, 0) is 24.3 Å². The molecule has 0 spiro atoms. The molecule has 0 aliphatic carbocycles. The summed E-state index contributed by atoms with van der Waals surface area (Å²) in [6.07, 6.45) is 5.12. The van der Waals surface area contributed by atoms with Gasteiger partial charge in [0.1, 0.15) is 17.4 Å². The molecule has 1 aliphatic rings. The average molecular weight is 391 g/mol. The Kier molecular flexibility index (Phi) is 4.40. The second-order valence-electron chi connectivity index (χ2n) is 7.01. The fraction of sp³-hybridized carbons (Fsp3) is 0.286. The van der Waals surface area contributed by atoms with Crippen molar-refractivity contribution in [1.82, 2.24) is 19.5 Å². The highest BCUT2D eigenvalue weighted by Crippen LogP contribution is 2.29. The van der Waals surface area contributed by atoms with E-state index in [9.17, 15) is 4.79 Å². The summed E-state index contributed by atoms with van der Waals surface area (Å²) >= 11 is 0. The minimum absolute atomic E-state index is 0.0597. The van der Waals surface area contributed by atoms with Gasteiger partial charge in [-0.3, -0.25) is 14.5 Å². The molecule has 1 saturated heterocycles. The smallest absolute Gasteiger partial charge is 0.332 e. The van der Waals surface area contributed by atoms with Crippen LogP contribution in [0.15, 0.2) is 47.5 Å². The number of rotatable bonds is 4. The molecule has 29 heavy (non-hydrogen) atoms. The van der Waals surface area contributed by atoms with Gasteiger partial charge in [-0.25, -0.2) is 9.78 Å². The minimum atomic E-state index is -0.259. The van der Waals surface area contributed by atoms with Crippen LogP contribution in [0.3, 0.4) is 0 Å². The Labute approximate surface area is 166 Å². The SMILES string of the molecule is CNc1ccnc2ccc(-n3c(=O)[nH]c4nccc(OC5CCOCC5)c43)cc12. The molecule has 0 bridgehead atoms. The average Bonchev–Trinajstić information content (AvgIpc) is 3.10. The zero-order chi connectivity index (χ0) is 19.8. The molecular formula is C21H21N5O3. The molecule has 1 aromatic carbocycles. The third-order valence-corrected chi connectivity index (χ3v) is 5.25. The van der Waals surface area contributed by atoms with Crippen LogP contribution in [0.1, 0.15) is 12.8 Å². The maximum Gasteiger partial charge on any atom is 0.332 e. The molecule has 0 atom stereocenters. The maximum atomic E-state index is 12.8. The van der Waals surface area contributed by atoms with Crippen LogP contribution in [-0.4, -0.2) is 45.9 Å². The Bertz CT molecular complexity index is 1240. The van der Waals surface area contributed by atoms with Crippen molar-refractivity contribution in [3.63, 3.8) is 0 Å². The summed E-state index contributed by atoms with van der Waals surface area (Å²) in [5.74, 6) is 0.639. The topological polar surface area (TPSA) is 94.1 Å². The van der Waals surface area contributed by atoms with Crippen LogP contribution >= 0.6 is 0 Å². The van der Waals surface area contributed by atoms with Gasteiger partial charge in [0.05, 0.1) is 24.4 Å². The van der Waals surface area contributed by atoms with Crippen LogP contribution < -0.4 is 15.7 Å². The van der Waals surface area contributed by atoms with E-state index in [1.807, 2.05) is 37.4 Å². The molecule has 3 aromatic heterocycles. The van der Waals surface area contributed by atoms with Gasteiger partial charge in [-0.1, -0.05) is 0 Å². The Morgan fingerprint density at radius 2 is 2.00 bits per heavy atom. The summed E-state index contributed by atoms with van der Waals surface area (Å²) in [6, 6.07) is 9.46. The second kappa shape index (κ2) is 7.21. The van der Waals surface area contributed by atoms with E-state index in [1.165, 1.54) is 0 Å². The van der Waals surface area contributed by atoms with Crippen molar-refractivity contribution in [1.29, 1.82) is 0 Å². The number of benzene rings is 1. The molecule has 0 amide bonds. The third kappa shape index (κ3) is 3.11. The predicted octanol–water partition coefficient (Wildman–Crippen LogP) is 2.86. The van der Waals surface area contributed by atoms with Gasteiger partial charge in [-0.2, -0.15) is 0 Å². The molecule has 4 aromatic rings. The summed E-state index contributed by atoms with van der Waals surface area (Å²) in [5, 5.41) is 4.11. The van der Waals surface area contributed by atoms with E-state index in [4.69, 9.17) is 9.47 Å². The van der Waals surface area contributed by atoms with Gasteiger partial charge in [0, 0.05) is 49.4 Å². The molecule has 8 heteroatoms. The van der Waals surface area contributed by atoms with Gasteiger partial charge in [0.15, 0.2) is 5.65 Å². The first kappa shape index (κ1) is 17.7. The molecule has 0 saturated carbocycles. The number of H-pyrrole nitrogens is 1. The van der Waals surface area contributed by atoms with E-state index in [2.05, 4.69) is 20.3 Å². The van der Waals surface area contributed by atoms with Gasteiger partial charge in [0.25, 0.3) is 0 Å². The van der Waals surface area contributed by atoms with Crippen LogP contribution in [0.4, 0.5) is 5.69 Å². The Balaban J connectivity index is 1.67. The number of ether oxygens (including phenoxy) is 2. The lowest BCUT2D eigenvalue weighted by atomic mass is 10.1. The number of nitrogens with one attached hydrogen (secondary N) is 2. The lowest BCUT2D eigenvalue weighted by molar-refractivity contribution is 0.0260. The quantitative estimate of drug-likeness (QED) is 0.556. The Hall–Kier alpha value is -3.39. The number of fused-ring (bicyclic) bond motifs is 2. The molecular weight excluding hydrogens is 370 g/mol. The molecule has 1 aliphatic heterocycles. The van der Waals surface area contributed by atoms with E-state index in [0.717, 1.165) is 35.1 Å². The van der Waals surface area contributed by atoms with E-state index in [1.54, 1.807) is 17.0 Å². The first-order valence-corrected chi connectivity index (χ1v) is 9.65. The Morgan fingerprint density at radius 1 is 1.17 bits per heavy atom. The van der Waals surface area contributed by atoms with Crippen molar-refractivity contribution in [2.75, 3.05) is 25.6 Å². The van der Waals surface area contributed by atoms with Gasteiger partial charge < -0.3 is 14.8 Å². The van der Waals surface area contributed by atoms with Crippen molar-refractivity contribution in [2.24, 2.45) is 0 Å². The Morgan fingerprint density at radius 3 is 2.83 bits per heavy atom. The molecule has 2 N–H and O–H groups in total. The fourth-order valence-electron chi connectivity index (χ4n) is 3.81. The molecule has 0 unspecified atom stereocenters. The molecule has 8 nitrogen and oxygen atoms in total. The monoisotopic (exact) mass is 391 g/mol. The van der Waals surface area contributed by atoms with Crippen molar-refractivity contribution in [3.05, 3.63) is 53.2 Å². The van der Waals surface area contributed by atoms with Gasteiger partial charge in [-0.15, -0.1) is 0 Å². The first-order valence-electron chi connectivity index (χ1n) is 9.65. The minimum Gasteiger partial charge on any atom is -0.488 e. The maximum absolute atomic E-state index is 12.8. The lowest BCUT2D eigenvalue weighted by Gasteiger charge is -2.23. The number of anilines is 1. The van der Waals surface area contributed by atoms with E-state index < -0.39 is 0 Å². The summed E-state index contributed by atoms with van der Waals surface area (Å²) < 4.78 is 13.3. The standard InChI is InChI=1S/C21H21N5O3/c1-22-16-4-8-23-17-3-2-13(12-15(16)17)26-19-18(29-14-6-10-28-11-7-14)5-9-24-20(19)25-21(26)27/h2-5,8-9,12,14H,6-7,10-11H2,1H3,(H,22,23)(H,24,25,27). The van der Waals surface area contributed by atoms with E-state index >= 15 is 0 Å². The van der Waals surface area contributed by atoms with Crippen molar-refractivity contribution < 1.29 is 9.47 Å². The first-order chi connectivity index (χ1) is 14.2. The molecule has 0 radical (unpaired) electrons. The van der Waals surface area contributed by atoms with Crippen molar-refractivity contribution >= 4 is 27.8 Å². The van der Waals surface area contributed by atoms with Crippen LogP contribution in [-0.2, 0) is 4.74 Å². The zero-order valence-electron chi connectivity index (χ0n) is 16.0. The van der Waals surface area contributed by atoms with Gasteiger partial charge >= 0.3 is 5.69 Å². The largest absolute Gasteiger partial charge is 0.488 e. The van der Waals surface area contributed by atoms with E-state index in [0.29, 0.717) is 30.1 Å². The number of pyridine rings is 2. The van der Waals surface area contributed by atoms with Crippen LogP contribution in [0.25, 0.3) is 27.8 Å². The number of nitrogens with zero attached hydrogens (tertiary/aromatic N) is 3. The fourth-order valence-corrected chi connectivity index (χ4v) is 3.81. The van der Waals surface area contributed by atoms with Crippen LogP contribution in [0, 0.1) is 0 Å². The summed E-state index contributed by atoms with van der Waals surface area (Å²) in [6.45, 7) is 1.37. The lowest BCUT2D eigenvalue weighted by Crippen LogP contribution is -2.26. The second-order valence-corrected chi connectivity index (χ2v) is 7.01. The highest BCUT2D eigenvalue weighted by Gasteiger charge is 2.20. The summed E-state index contributed by atoms with van der Waals surface area (Å²) in [4.78, 5) is 24.4. The van der Waals surface area contributed by atoms with Crippen LogP contribution in [0.2, 0.25) is 0 Å². The highest BCUT2D eigenvalue weighted by atomic mass is 16.5. The van der Waals surface area contributed by atoms with Crippen molar-refractivity contribution in [3.8, 4) is 11.4 Å². The number of aromatic amines is 1. The van der Waals surface area contributed by atoms with E-state index in [-0.39, 0.29) is 11.8 Å². The van der Waals surface area contributed by atoms with Crippen molar-refractivity contribution in [2.45, 2.75) is 18.9 Å². The zero-order valence-corrected chi connectivity index (χ0v) is 16.0. The normalized spacial score (nSPS) is 15.1. The van der Waals surface area contributed by atoms with Crippen LogP contribution in [0.5, 0.6) is 5.75 Å². The number of aromatic nitrogens is 4. The summed E-state index contributed by atoms with van der Waals surface area (Å²) in [7, 11) is 1.86. The third-order valence-electron chi connectivity index (χ3n) is 5.25. The summed E-state index contributed by atoms with van der Waals surface area (Å²) in [5.41, 5.74) is 3.40. The number of hydrogen-bond donors (Lipinski definition) is 2. The highest BCUT2D eigenvalue weighted by molar-refractivity contribution is 5.93.